The molecule has 5 heteroatoms. The van der Waals surface area contributed by atoms with Gasteiger partial charge >= 0.3 is 6.09 Å². The van der Waals surface area contributed by atoms with Crippen molar-refractivity contribution in [3.8, 4) is 0 Å². The van der Waals surface area contributed by atoms with Gasteiger partial charge in [-0.05, 0) is 32.0 Å². The van der Waals surface area contributed by atoms with E-state index in [9.17, 15) is 4.79 Å². The van der Waals surface area contributed by atoms with Gasteiger partial charge in [0, 0.05) is 11.5 Å². The van der Waals surface area contributed by atoms with Crippen LogP contribution in [0.5, 0.6) is 0 Å². The molecule has 20 heavy (non-hydrogen) atoms. The van der Waals surface area contributed by atoms with E-state index in [4.69, 9.17) is 4.74 Å². The number of hydrogen-bond donors (Lipinski definition) is 0. The third-order valence-electron chi connectivity index (χ3n) is 3.04. The van der Waals surface area contributed by atoms with E-state index in [0.717, 1.165) is 5.32 Å². The second-order valence-electron chi connectivity index (χ2n) is 8.46. The average Bonchev–Trinajstić information content (AvgIpc) is 2.56. The van der Waals surface area contributed by atoms with Crippen molar-refractivity contribution in [2.45, 2.75) is 65.7 Å². The molecule has 0 amide bonds. The Balaban J connectivity index is 3.31. The van der Waals surface area contributed by atoms with Crippen LogP contribution in [0.1, 0.15) is 20.8 Å². The number of carbonyl (C=O) groups is 1. The molecular weight excluding hydrogens is 282 g/mol. The van der Waals surface area contributed by atoms with Crippen LogP contribution in [0.4, 0.5) is 4.79 Å². The summed E-state index contributed by atoms with van der Waals surface area (Å²) in [4.78, 5) is 12.4. The molecule has 0 bridgehead atoms. The Morgan fingerprint density at radius 3 is 1.90 bits per heavy atom. The number of aromatic nitrogens is 1. The summed E-state index contributed by atoms with van der Waals surface area (Å²) in [7, 11) is -3.02. The van der Waals surface area contributed by atoms with Gasteiger partial charge in [-0.3, -0.25) is 4.57 Å². The molecule has 3 nitrogen and oxygen atoms in total. The molecule has 0 atom stereocenters. The summed E-state index contributed by atoms with van der Waals surface area (Å²) in [5.74, 6) is 0. The largest absolute Gasteiger partial charge is 0.443 e. The van der Waals surface area contributed by atoms with Gasteiger partial charge in [0.05, 0.1) is 16.1 Å². The van der Waals surface area contributed by atoms with Crippen LogP contribution in [-0.2, 0) is 4.74 Å². The lowest BCUT2D eigenvalue weighted by Crippen LogP contribution is -2.46. The molecular formula is C15H29NO2Si2. The Morgan fingerprint density at radius 2 is 1.55 bits per heavy atom. The van der Waals surface area contributed by atoms with Gasteiger partial charge in [0.25, 0.3) is 0 Å². The molecule has 0 radical (unpaired) electrons. The number of ether oxygens (including phenoxy) is 1. The van der Waals surface area contributed by atoms with E-state index in [1.54, 1.807) is 4.57 Å². The third-order valence-corrected chi connectivity index (χ3v) is 6.97. The van der Waals surface area contributed by atoms with E-state index in [-0.39, 0.29) is 6.09 Å². The van der Waals surface area contributed by atoms with Crippen molar-refractivity contribution in [1.29, 1.82) is 0 Å². The zero-order chi connectivity index (χ0) is 15.9. The minimum Gasteiger partial charge on any atom is -0.443 e. The molecule has 0 saturated carbocycles. The highest BCUT2D eigenvalue weighted by atomic mass is 28.3. The van der Waals surface area contributed by atoms with Crippen molar-refractivity contribution in [3.63, 3.8) is 0 Å². The Morgan fingerprint density at radius 1 is 1.05 bits per heavy atom. The first-order valence-corrected chi connectivity index (χ1v) is 14.2. The number of hydrogen-bond acceptors (Lipinski definition) is 2. The normalized spacial score (nSPS) is 13.4. The van der Waals surface area contributed by atoms with Gasteiger partial charge in [-0.25, -0.2) is 4.79 Å². The van der Waals surface area contributed by atoms with E-state index in [0.29, 0.717) is 0 Å². The summed E-state index contributed by atoms with van der Waals surface area (Å²) in [5, 5.41) is 2.48. The second-order valence-corrected chi connectivity index (χ2v) is 18.6. The first kappa shape index (κ1) is 17.2. The van der Waals surface area contributed by atoms with Gasteiger partial charge in [-0.1, -0.05) is 39.3 Å². The molecule has 1 aromatic heterocycles. The fraction of sp³-hybridized carbons (Fsp3) is 0.667. The van der Waals surface area contributed by atoms with Crippen molar-refractivity contribution in [2.24, 2.45) is 0 Å². The summed E-state index contributed by atoms with van der Waals surface area (Å²) in [6, 6.07) is 2.24. The van der Waals surface area contributed by atoms with E-state index in [1.807, 2.05) is 27.0 Å². The van der Waals surface area contributed by atoms with Gasteiger partial charge in [-0.2, -0.15) is 0 Å². The Hall–Kier alpha value is -0.816. The quantitative estimate of drug-likeness (QED) is 0.784. The molecule has 0 spiro atoms. The van der Waals surface area contributed by atoms with Gasteiger partial charge in [0.1, 0.15) is 5.60 Å². The topological polar surface area (TPSA) is 31.2 Å². The monoisotopic (exact) mass is 311 g/mol. The first-order chi connectivity index (χ1) is 8.72. The minimum absolute atomic E-state index is 0.251. The molecule has 0 aliphatic rings. The van der Waals surface area contributed by atoms with Crippen molar-refractivity contribution < 1.29 is 9.53 Å². The minimum atomic E-state index is -1.59. The summed E-state index contributed by atoms with van der Waals surface area (Å²) in [5.41, 5.74) is -0.461. The molecule has 0 fully saturated rings. The van der Waals surface area contributed by atoms with Crippen LogP contribution in [0, 0.1) is 0 Å². The molecule has 0 aromatic carbocycles. The summed E-state index contributed by atoms with van der Waals surface area (Å²) < 4.78 is 7.30. The van der Waals surface area contributed by atoms with Crippen LogP contribution in [0.15, 0.2) is 12.3 Å². The molecule has 0 N–H and O–H groups in total. The Labute approximate surface area is 125 Å². The SMILES string of the molecule is CC(C)(C)OC(=O)n1cc([Si](C)(C)C)cc1[Si](C)(C)C. The average molecular weight is 312 g/mol. The van der Waals surface area contributed by atoms with Crippen molar-refractivity contribution >= 4 is 32.7 Å². The standard InChI is InChI=1S/C15H29NO2Si2/c1-15(2,3)18-14(17)16-11-12(19(4,5)6)10-13(16)20(7,8)9/h10-11H,1-9H3. The first-order valence-electron chi connectivity index (χ1n) is 7.18. The van der Waals surface area contributed by atoms with E-state index < -0.39 is 21.7 Å². The maximum absolute atomic E-state index is 12.4. The highest BCUT2D eigenvalue weighted by Gasteiger charge is 2.30. The Kier molecular flexibility index (Phi) is 4.47. The second kappa shape index (κ2) is 5.18. The van der Waals surface area contributed by atoms with Crippen LogP contribution in [-0.4, -0.2) is 32.4 Å². The highest BCUT2D eigenvalue weighted by Crippen LogP contribution is 2.12. The van der Waals surface area contributed by atoms with Gasteiger partial charge in [0.15, 0.2) is 0 Å². The predicted octanol–water partition coefficient (Wildman–Crippen LogP) is 3.36. The van der Waals surface area contributed by atoms with E-state index >= 15 is 0 Å². The summed E-state index contributed by atoms with van der Waals surface area (Å²) >= 11 is 0. The van der Waals surface area contributed by atoms with E-state index in [2.05, 4.69) is 45.3 Å². The van der Waals surface area contributed by atoms with Crippen molar-refractivity contribution in [2.75, 3.05) is 0 Å². The number of nitrogens with zero attached hydrogens (tertiary/aromatic N) is 1. The molecule has 0 aliphatic heterocycles. The fourth-order valence-electron chi connectivity index (χ4n) is 1.91. The summed E-state index contributed by atoms with van der Waals surface area (Å²) in [6.45, 7) is 19.4. The maximum atomic E-state index is 12.4. The van der Waals surface area contributed by atoms with Gasteiger partial charge in [0.2, 0.25) is 0 Å². The fourth-order valence-corrected chi connectivity index (χ4v) is 4.61. The van der Waals surface area contributed by atoms with Crippen molar-refractivity contribution in [3.05, 3.63) is 12.3 Å². The molecule has 1 aromatic rings. The molecule has 0 saturated heterocycles. The third kappa shape index (κ3) is 4.35. The van der Waals surface area contributed by atoms with Gasteiger partial charge in [-0.15, -0.1) is 0 Å². The smallest absolute Gasteiger partial charge is 0.418 e. The predicted molar refractivity (Wildman–Crippen MR) is 92.0 cm³/mol. The lowest BCUT2D eigenvalue weighted by molar-refractivity contribution is 0.0542. The zero-order valence-electron chi connectivity index (χ0n) is 14.4. The van der Waals surface area contributed by atoms with Crippen LogP contribution >= 0.6 is 0 Å². The molecule has 1 heterocycles. The molecule has 0 unspecified atom stereocenters. The molecule has 1 rings (SSSR count). The van der Waals surface area contributed by atoms with Crippen LogP contribution in [0.25, 0.3) is 0 Å². The zero-order valence-corrected chi connectivity index (χ0v) is 16.4. The van der Waals surface area contributed by atoms with Gasteiger partial charge < -0.3 is 4.74 Å². The molecule has 0 aliphatic carbocycles. The van der Waals surface area contributed by atoms with Crippen LogP contribution in [0.3, 0.4) is 0 Å². The molecule has 114 valence electrons. The lowest BCUT2D eigenvalue weighted by atomic mass is 10.2. The highest BCUT2D eigenvalue weighted by molar-refractivity contribution is 6.91. The van der Waals surface area contributed by atoms with Crippen LogP contribution in [0.2, 0.25) is 39.3 Å². The summed E-state index contributed by atoms with van der Waals surface area (Å²) in [6.07, 6.45) is 1.76. The number of rotatable bonds is 2. The van der Waals surface area contributed by atoms with E-state index in [1.165, 1.54) is 5.19 Å². The van der Waals surface area contributed by atoms with Crippen LogP contribution < -0.4 is 10.5 Å². The maximum Gasteiger partial charge on any atom is 0.418 e. The number of carbonyl (C=O) groups excluding carboxylic acids is 1. The lowest BCUT2D eigenvalue weighted by Gasteiger charge is -2.23. The van der Waals surface area contributed by atoms with Crippen molar-refractivity contribution in [1.82, 2.24) is 4.57 Å². The Bertz CT molecular complexity index is 499.